The molecule has 0 aliphatic rings. The maximum absolute atomic E-state index is 11.3. The van der Waals surface area contributed by atoms with Gasteiger partial charge in [0, 0.05) is 0 Å². The Hall–Kier alpha value is -2.35. The molecule has 0 aliphatic heterocycles. The first-order chi connectivity index (χ1) is 7.95. The summed E-state index contributed by atoms with van der Waals surface area (Å²) in [6.07, 6.45) is -0.303. The van der Waals surface area contributed by atoms with Crippen molar-refractivity contribution in [3.8, 4) is 11.8 Å². The van der Waals surface area contributed by atoms with Gasteiger partial charge in [-0.05, 0) is 31.5 Å². The van der Waals surface area contributed by atoms with Crippen LogP contribution in [0.2, 0.25) is 0 Å². The minimum Gasteiger partial charge on any atom is -0.505 e. The molecule has 88 valence electrons. The highest BCUT2D eigenvalue weighted by Crippen LogP contribution is 2.29. The second-order valence-electron chi connectivity index (χ2n) is 3.65. The lowest BCUT2D eigenvalue weighted by Crippen LogP contribution is -2.11. The molecule has 1 aromatic rings. The molecule has 0 spiro atoms. The van der Waals surface area contributed by atoms with Crippen molar-refractivity contribution in [2.24, 2.45) is 0 Å². The van der Waals surface area contributed by atoms with Crippen LogP contribution in [0.15, 0.2) is 12.1 Å². The van der Waals surface area contributed by atoms with Crippen molar-refractivity contribution < 1.29 is 14.7 Å². The van der Waals surface area contributed by atoms with Gasteiger partial charge in [-0.25, -0.2) is 0 Å². The number of phenols is 1. The zero-order chi connectivity index (χ0) is 13.0. The third kappa shape index (κ3) is 3.05. The van der Waals surface area contributed by atoms with E-state index in [4.69, 9.17) is 5.26 Å². The fourth-order valence-corrected chi connectivity index (χ4v) is 1.41. The third-order valence-electron chi connectivity index (χ3n) is 2.15. The highest BCUT2D eigenvalue weighted by atomic mass is 16.3. The summed E-state index contributed by atoms with van der Waals surface area (Å²) < 4.78 is 0. The Labute approximate surface area is 98.7 Å². The van der Waals surface area contributed by atoms with Gasteiger partial charge in [-0.1, -0.05) is 0 Å². The molecule has 17 heavy (non-hydrogen) atoms. The minimum absolute atomic E-state index is 0.149. The maximum Gasteiger partial charge on any atom is 0.238 e. The second-order valence-corrected chi connectivity index (χ2v) is 3.65. The summed E-state index contributed by atoms with van der Waals surface area (Å²) in [6, 6.07) is 4.78. The molecule has 5 nitrogen and oxygen atoms in total. The van der Waals surface area contributed by atoms with Crippen LogP contribution in [0.3, 0.4) is 0 Å². The summed E-state index contributed by atoms with van der Waals surface area (Å²) in [5.74, 6) is -1.08. The van der Waals surface area contributed by atoms with Crippen molar-refractivity contribution in [3.05, 3.63) is 23.3 Å². The highest BCUT2D eigenvalue weighted by molar-refractivity contribution is 6.01. The third-order valence-corrected chi connectivity index (χ3v) is 2.15. The Morgan fingerprint density at radius 1 is 1.47 bits per heavy atom. The van der Waals surface area contributed by atoms with Gasteiger partial charge in [0.25, 0.3) is 0 Å². The molecule has 0 aromatic heterocycles. The van der Waals surface area contributed by atoms with E-state index in [9.17, 15) is 14.7 Å². The molecule has 0 heterocycles. The lowest BCUT2D eigenvalue weighted by atomic mass is 10.1. The number of nitrogens with zero attached hydrogens (tertiary/aromatic N) is 1. The fourth-order valence-electron chi connectivity index (χ4n) is 1.41. The number of nitrogens with one attached hydrogen (secondary N) is 1. The van der Waals surface area contributed by atoms with Crippen molar-refractivity contribution in [2.75, 3.05) is 5.32 Å². The van der Waals surface area contributed by atoms with Crippen LogP contribution in [0.25, 0.3) is 0 Å². The van der Waals surface area contributed by atoms with Crippen LogP contribution < -0.4 is 5.32 Å². The normalized spacial score (nSPS) is 9.47. The number of aryl methyl sites for hydroxylation is 1. The van der Waals surface area contributed by atoms with Gasteiger partial charge in [0.15, 0.2) is 5.78 Å². The zero-order valence-corrected chi connectivity index (χ0v) is 9.57. The number of amides is 1. The number of ketones is 1. The Balaban J connectivity index is 3.13. The van der Waals surface area contributed by atoms with E-state index in [1.807, 2.05) is 0 Å². The van der Waals surface area contributed by atoms with Crippen molar-refractivity contribution in [1.29, 1.82) is 5.26 Å². The predicted molar refractivity (Wildman–Crippen MR) is 61.7 cm³/mol. The van der Waals surface area contributed by atoms with E-state index in [1.165, 1.54) is 19.1 Å². The topological polar surface area (TPSA) is 90.2 Å². The highest BCUT2D eigenvalue weighted by Gasteiger charge is 2.13. The van der Waals surface area contributed by atoms with Gasteiger partial charge in [-0.15, -0.1) is 0 Å². The number of carbonyl (C=O) groups is 2. The summed E-state index contributed by atoms with van der Waals surface area (Å²) in [5, 5.41) is 20.5. The van der Waals surface area contributed by atoms with E-state index >= 15 is 0 Å². The largest absolute Gasteiger partial charge is 0.505 e. The number of anilines is 1. The average Bonchev–Trinajstić information content (AvgIpc) is 2.22. The van der Waals surface area contributed by atoms with Crippen molar-refractivity contribution in [2.45, 2.75) is 20.3 Å². The van der Waals surface area contributed by atoms with E-state index in [0.717, 1.165) is 5.56 Å². The standard InChI is InChI=1S/C12H12N2O3/c1-7-5-9(8(2)15)12(17)10(6-7)14-11(16)3-4-13/h5-6,17H,3H2,1-2H3,(H,14,16). The minimum atomic E-state index is -0.525. The molecule has 2 N–H and O–H groups in total. The van der Waals surface area contributed by atoms with E-state index in [2.05, 4.69) is 5.32 Å². The summed E-state index contributed by atoms with van der Waals surface area (Å²) in [5.41, 5.74) is 1.04. The summed E-state index contributed by atoms with van der Waals surface area (Å²) in [7, 11) is 0. The first-order valence-corrected chi connectivity index (χ1v) is 4.97. The Morgan fingerprint density at radius 2 is 2.12 bits per heavy atom. The van der Waals surface area contributed by atoms with Gasteiger partial charge in [-0.2, -0.15) is 5.26 Å². The summed E-state index contributed by atoms with van der Waals surface area (Å²) in [6.45, 7) is 3.07. The SMILES string of the molecule is CC(=O)c1cc(C)cc(NC(=O)CC#N)c1O. The Kier molecular flexibility index (Phi) is 3.83. The Bertz CT molecular complexity index is 515. The first-order valence-electron chi connectivity index (χ1n) is 4.97. The van der Waals surface area contributed by atoms with Crippen LogP contribution in [0, 0.1) is 18.3 Å². The quantitative estimate of drug-likeness (QED) is 0.613. The van der Waals surface area contributed by atoms with Gasteiger partial charge in [-0.3, -0.25) is 9.59 Å². The van der Waals surface area contributed by atoms with E-state index in [0.29, 0.717) is 0 Å². The average molecular weight is 232 g/mol. The van der Waals surface area contributed by atoms with E-state index < -0.39 is 5.91 Å². The lowest BCUT2D eigenvalue weighted by Gasteiger charge is -2.10. The number of rotatable bonds is 3. The molecule has 0 atom stereocenters. The van der Waals surface area contributed by atoms with Crippen LogP contribution in [-0.2, 0) is 4.79 Å². The van der Waals surface area contributed by atoms with E-state index in [1.54, 1.807) is 13.0 Å². The van der Waals surface area contributed by atoms with Gasteiger partial charge in [0.2, 0.25) is 5.91 Å². The second kappa shape index (κ2) is 5.12. The molecule has 1 amide bonds. The molecule has 0 fully saturated rings. The number of carbonyl (C=O) groups excluding carboxylic acids is 2. The molecule has 1 aromatic carbocycles. The molecule has 1 rings (SSSR count). The number of hydrogen-bond donors (Lipinski definition) is 2. The zero-order valence-electron chi connectivity index (χ0n) is 9.57. The number of aromatic hydroxyl groups is 1. The van der Waals surface area contributed by atoms with Gasteiger partial charge in [0.1, 0.15) is 12.2 Å². The lowest BCUT2D eigenvalue weighted by molar-refractivity contribution is -0.115. The van der Waals surface area contributed by atoms with Crippen molar-refractivity contribution in [1.82, 2.24) is 0 Å². The number of hydrogen-bond acceptors (Lipinski definition) is 4. The molecule has 0 radical (unpaired) electrons. The number of nitriles is 1. The van der Waals surface area contributed by atoms with Crippen LogP contribution in [0.1, 0.15) is 29.3 Å². The van der Waals surface area contributed by atoms with Crippen LogP contribution in [0.4, 0.5) is 5.69 Å². The van der Waals surface area contributed by atoms with Gasteiger partial charge >= 0.3 is 0 Å². The molecular weight excluding hydrogens is 220 g/mol. The van der Waals surface area contributed by atoms with Crippen LogP contribution >= 0.6 is 0 Å². The first kappa shape index (κ1) is 12.7. The number of Topliss-reactive ketones (excluding diaryl/α,β-unsaturated/α-hetero) is 1. The monoisotopic (exact) mass is 232 g/mol. The maximum atomic E-state index is 11.3. The molecule has 0 unspecified atom stereocenters. The van der Waals surface area contributed by atoms with Crippen LogP contribution in [0.5, 0.6) is 5.75 Å². The molecule has 0 saturated carbocycles. The summed E-state index contributed by atoms with van der Waals surface area (Å²) in [4.78, 5) is 22.5. The van der Waals surface area contributed by atoms with Crippen molar-refractivity contribution in [3.63, 3.8) is 0 Å². The number of benzene rings is 1. The molecule has 0 aliphatic carbocycles. The molecular formula is C12H12N2O3. The fraction of sp³-hybridized carbons (Fsp3) is 0.250. The molecule has 5 heteroatoms. The molecule has 0 saturated heterocycles. The summed E-state index contributed by atoms with van der Waals surface area (Å²) >= 11 is 0. The van der Waals surface area contributed by atoms with Crippen LogP contribution in [-0.4, -0.2) is 16.8 Å². The smallest absolute Gasteiger partial charge is 0.238 e. The van der Waals surface area contributed by atoms with Gasteiger partial charge in [0.05, 0.1) is 17.3 Å². The predicted octanol–water partition coefficient (Wildman–Crippen LogP) is 1.76. The van der Waals surface area contributed by atoms with Gasteiger partial charge < -0.3 is 10.4 Å². The molecule has 0 bridgehead atoms. The number of phenolic OH excluding ortho intramolecular Hbond substituents is 1. The van der Waals surface area contributed by atoms with E-state index in [-0.39, 0.29) is 29.2 Å². The van der Waals surface area contributed by atoms with Crippen molar-refractivity contribution >= 4 is 17.4 Å². The Morgan fingerprint density at radius 3 is 2.65 bits per heavy atom.